The summed E-state index contributed by atoms with van der Waals surface area (Å²) in [5, 5.41) is 9.12. The van der Waals surface area contributed by atoms with Crippen molar-refractivity contribution < 1.29 is 23.1 Å². The van der Waals surface area contributed by atoms with Crippen LogP contribution in [0.25, 0.3) is 0 Å². The van der Waals surface area contributed by atoms with Crippen LogP contribution in [-0.2, 0) is 11.0 Å². The van der Waals surface area contributed by atoms with Gasteiger partial charge in [0.2, 0.25) is 0 Å². The summed E-state index contributed by atoms with van der Waals surface area (Å²) in [6.45, 7) is 3.50. The van der Waals surface area contributed by atoms with Crippen LogP contribution in [0.15, 0.2) is 16.7 Å². The van der Waals surface area contributed by atoms with Crippen LogP contribution < -0.4 is 0 Å². The predicted octanol–water partition coefficient (Wildman–Crippen LogP) is 4.08. The summed E-state index contributed by atoms with van der Waals surface area (Å²) in [6, 6.07) is 0.860. The average molecular weight is 340 g/mol. The molecular formula is C12H13BrF3NO2. The molecule has 1 N–H and O–H groups in total. The highest BCUT2D eigenvalue weighted by Crippen LogP contribution is 2.37. The van der Waals surface area contributed by atoms with Crippen molar-refractivity contribution in [3.05, 3.63) is 28.0 Å². The van der Waals surface area contributed by atoms with Crippen molar-refractivity contribution in [2.24, 2.45) is 5.92 Å². The molecule has 1 aromatic rings. The lowest BCUT2D eigenvalue weighted by Crippen LogP contribution is -2.21. The van der Waals surface area contributed by atoms with E-state index >= 15 is 0 Å². The van der Waals surface area contributed by atoms with Crippen LogP contribution in [0.2, 0.25) is 0 Å². The number of aromatic nitrogens is 1. The summed E-state index contributed by atoms with van der Waals surface area (Å²) in [5.41, 5.74) is -1.44. The number of pyridine rings is 1. The van der Waals surface area contributed by atoms with Crippen LogP contribution in [0.4, 0.5) is 13.2 Å². The summed E-state index contributed by atoms with van der Waals surface area (Å²) in [5.74, 6) is -2.61. The predicted molar refractivity (Wildman–Crippen MR) is 66.8 cm³/mol. The van der Waals surface area contributed by atoms with Crippen molar-refractivity contribution in [1.82, 2.24) is 4.98 Å². The maximum Gasteiger partial charge on any atom is 0.418 e. The van der Waals surface area contributed by atoms with Gasteiger partial charge < -0.3 is 5.11 Å². The minimum absolute atomic E-state index is 0.0485. The number of nitrogens with zero attached hydrogens (tertiary/aromatic N) is 1. The Morgan fingerprint density at radius 3 is 2.47 bits per heavy atom. The van der Waals surface area contributed by atoms with Crippen LogP contribution in [0.3, 0.4) is 0 Å². The summed E-state index contributed by atoms with van der Waals surface area (Å²) in [4.78, 5) is 14.9. The number of carboxylic acids is 1. The fourth-order valence-corrected chi connectivity index (χ4v) is 2.09. The normalized spacial score (nSPS) is 13.6. The zero-order valence-electron chi connectivity index (χ0n) is 10.3. The highest BCUT2D eigenvalue weighted by Gasteiger charge is 2.38. The second-order valence-electron chi connectivity index (χ2n) is 4.60. The first-order chi connectivity index (χ1) is 8.62. The van der Waals surface area contributed by atoms with Gasteiger partial charge >= 0.3 is 12.1 Å². The second-order valence-corrected chi connectivity index (χ2v) is 5.52. The minimum Gasteiger partial charge on any atom is -0.481 e. The molecule has 1 aromatic heterocycles. The molecule has 7 heteroatoms. The van der Waals surface area contributed by atoms with Gasteiger partial charge in [-0.05, 0) is 34.3 Å². The third-order valence-electron chi connectivity index (χ3n) is 2.53. The molecule has 1 heterocycles. The Hall–Kier alpha value is -1.11. The third kappa shape index (κ3) is 4.19. The number of carbonyl (C=O) groups is 1. The van der Waals surface area contributed by atoms with Crippen LogP contribution in [0, 0.1) is 5.92 Å². The molecule has 0 bridgehead atoms. The first-order valence-corrected chi connectivity index (χ1v) is 6.37. The van der Waals surface area contributed by atoms with Gasteiger partial charge in [0.1, 0.15) is 0 Å². The van der Waals surface area contributed by atoms with E-state index in [1.165, 1.54) is 6.20 Å². The lowest BCUT2D eigenvalue weighted by atomic mass is 9.91. The van der Waals surface area contributed by atoms with Gasteiger partial charge in [-0.2, -0.15) is 13.2 Å². The van der Waals surface area contributed by atoms with Crippen LogP contribution in [0.1, 0.15) is 37.4 Å². The molecule has 0 aliphatic carbocycles. The van der Waals surface area contributed by atoms with E-state index in [1.807, 2.05) is 0 Å². The van der Waals surface area contributed by atoms with Crippen LogP contribution in [-0.4, -0.2) is 16.1 Å². The number of carboxylic acid groups (broad SMARTS) is 1. The van der Waals surface area contributed by atoms with Crippen LogP contribution in [0.5, 0.6) is 0 Å². The molecule has 0 aliphatic rings. The molecule has 1 unspecified atom stereocenters. The second kappa shape index (κ2) is 5.90. The molecule has 19 heavy (non-hydrogen) atoms. The van der Waals surface area contributed by atoms with E-state index in [-0.39, 0.29) is 16.8 Å². The number of hydrogen-bond donors (Lipinski definition) is 1. The highest BCUT2D eigenvalue weighted by molar-refractivity contribution is 9.10. The Balaban J connectivity index is 3.34. The van der Waals surface area contributed by atoms with Crippen molar-refractivity contribution in [2.75, 3.05) is 0 Å². The zero-order chi connectivity index (χ0) is 14.8. The first-order valence-electron chi connectivity index (χ1n) is 5.58. The van der Waals surface area contributed by atoms with Gasteiger partial charge in [0.15, 0.2) is 0 Å². The summed E-state index contributed by atoms with van der Waals surface area (Å²) >= 11 is 2.92. The van der Waals surface area contributed by atoms with E-state index in [0.717, 1.165) is 6.07 Å². The lowest BCUT2D eigenvalue weighted by Gasteiger charge is -2.19. The standard InChI is InChI=1S/C12H13BrF3NO2/c1-6(2)3-8(11(18)19)10-9(12(14,15)16)4-7(13)5-17-10/h4-6,8H,3H2,1-2H3,(H,18,19). The molecule has 0 aliphatic heterocycles. The Kier molecular flexibility index (Phi) is 4.95. The van der Waals surface area contributed by atoms with Crippen molar-refractivity contribution in [3.63, 3.8) is 0 Å². The number of rotatable bonds is 4. The van der Waals surface area contributed by atoms with Gasteiger partial charge in [0.25, 0.3) is 0 Å². The quantitative estimate of drug-likeness (QED) is 0.899. The molecule has 3 nitrogen and oxygen atoms in total. The molecular weight excluding hydrogens is 327 g/mol. The maximum atomic E-state index is 12.9. The van der Waals surface area contributed by atoms with E-state index in [2.05, 4.69) is 20.9 Å². The van der Waals surface area contributed by atoms with Gasteiger partial charge in [-0.3, -0.25) is 9.78 Å². The molecule has 0 fully saturated rings. The number of halogens is 4. The molecule has 0 saturated heterocycles. The zero-order valence-corrected chi connectivity index (χ0v) is 11.9. The lowest BCUT2D eigenvalue weighted by molar-refractivity contribution is -0.142. The Morgan fingerprint density at radius 2 is 2.05 bits per heavy atom. The monoisotopic (exact) mass is 339 g/mol. The Morgan fingerprint density at radius 1 is 1.47 bits per heavy atom. The Labute approximate surface area is 117 Å². The van der Waals surface area contributed by atoms with E-state index < -0.39 is 29.3 Å². The smallest absolute Gasteiger partial charge is 0.418 e. The summed E-state index contributed by atoms with van der Waals surface area (Å²) < 4.78 is 39.0. The summed E-state index contributed by atoms with van der Waals surface area (Å²) in [7, 11) is 0. The van der Waals surface area contributed by atoms with Gasteiger partial charge in [-0.25, -0.2) is 0 Å². The number of alkyl halides is 3. The third-order valence-corrected chi connectivity index (χ3v) is 2.96. The molecule has 0 saturated carbocycles. The summed E-state index contributed by atoms with van der Waals surface area (Å²) in [6.07, 6.45) is -3.34. The van der Waals surface area contributed by atoms with Gasteiger partial charge in [0, 0.05) is 10.7 Å². The van der Waals surface area contributed by atoms with Gasteiger partial charge in [-0.1, -0.05) is 13.8 Å². The largest absolute Gasteiger partial charge is 0.481 e. The molecule has 1 rings (SSSR count). The molecule has 106 valence electrons. The minimum atomic E-state index is -4.63. The molecule has 1 atom stereocenters. The first kappa shape index (κ1) is 15.9. The maximum absolute atomic E-state index is 12.9. The molecule has 0 aromatic carbocycles. The van der Waals surface area contributed by atoms with E-state index in [9.17, 15) is 18.0 Å². The molecule has 0 radical (unpaired) electrons. The van der Waals surface area contributed by atoms with E-state index in [0.29, 0.717) is 0 Å². The molecule has 0 spiro atoms. The van der Waals surface area contributed by atoms with Crippen molar-refractivity contribution in [3.8, 4) is 0 Å². The van der Waals surface area contributed by atoms with Crippen LogP contribution >= 0.6 is 15.9 Å². The average Bonchev–Trinajstić information content (AvgIpc) is 2.24. The highest BCUT2D eigenvalue weighted by atomic mass is 79.9. The van der Waals surface area contributed by atoms with E-state index in [4.69, 9.17) is 5.11 Å². The SMILES string of the molecule is CC(C)CC(C(=O)O)c1ncc(Br)cc1C(F)(F)F. The van der Waals surface area contributed by atoms with Crippen molar-refractivity contribution in [2.45, 2.75) is 32.4 Å². The number of aliphatic carboxylic acids is 1. The fourth-order valence-electron chi connectivity index (χ4n) is 1.76. The van der Waals surface area contributed by atoms with Crippen molar-refractivity contribution in [1.29, 1.82) is 0 Å². The van der Waals surface area contributed by atoms with Crippen molar-refractivity contribution >= 4 is 21.9 Å². The van der Waals surface area contributed by atoms with Gasteiger partial charge in [-0.15, -0.1) is 0 Å². The fraction of sp³-hybridized carbons (Fsp3) is 0.500. The van der Waals surface area contributed by atoms with E-state index in [1.54, 1.807) is 13.8 Å². The van der Waals surface area contributed by atoms with Gasteiger partial charge in [0.05, 0.1) is 17.2 Å². The molecule has 0 amide bonds. The number of hydrogen-bond acceptors (Lipinski definition) is 2. The topological polar surface area (TPSA) is 50.2 Å². The Bertz CT molecular complexity index is 475.